The van der Waals surface area contributed by atoms with Gasteiger partial charge in [0.1, 0.15) is 6.54 Å². The summed E-state index contributed by atoms with van der Waals surface area (Å²) in [5.41, 5.74) is 11.8. The van der Waals surface area contributed by atoms with Gasteiger partial charge in [0.2, 0.25) is 0 Å². The van der Waals surface area contributed by atoms with Crippen molar-refractivity contribution in [1.82, 2.24) is 5.43 Å². The first-order chi connectivity index (χ1) is 11.2. The van der Waals surface area contributed by atoms with Crippen LogP contribution in [0.25, 0.3) is 10.8 Å². The lowest BCUT2D eigenvalue weighted by atomic mass is 10.0. The van der Waals surface area contributed by atoms with E-state index in [2.05, 4.69) is 5.43 Å². The number of hydrogen-bond donors (Lipinski definition) is 2. The van der Waals surface area contributed by atoms with Gasteiger partial charge in [-0.3, -0.25) is 10.5 Å². The third kappa shape index (κ3) is 2.25. The Morgan fingerprint density at radius 3 is 2.57 bits per heavy atom. The number of hydrogen-bond acceptors (Lipinski definition) is 2. The van der Waals surface area contributed by atoms with Crippen LogP contribution in [0.3, 0.4) is 0 Å². The highest BCUT2D eigenvalue weighted by atomic mass is 16.2. The first-order valence-corrected chi connectivity index (χ1v) is 7.51. The number of carbonyl (C=O) groups is 1. The minimum Gasteiger partial charge on any atom is -0.285 e. The van der Waals surface area contributed by atoms with E-state index in [0.29, 0.717) is 17.9 Å². The zero-order chi connectivity index (χ0) is 15.8. The Morgan fingerprint density at radius 2 is 1.70 bits per heavy atom. The van der Waals surface area contributed by atoms with Gasteiger partial charge in [0.05, 0.1) is 11.1 Å². The van der Waals surface area contributed by atoms with Crippen molar-refractivity contribution >= 4 is 22.5 Å². The lowest BCUT2D eigenvalue weighted by Gasteiger charge is -2.08. The number of hydrazine groups is 1. The Balaban J connectivity index is 1.68. The van der Waals surface area contributed by atoms with Crippen molar-refractivity contribution in [3.63, 3.8) is 0 Å². The summed E-state index contributed by atoms with van der Waals surface area (Å²) in [5.74, 6) is 0.423. The number of amides is 1. The summed E-state index contributed by atoms with van der Waals surface area (Å²) in [7, 11) is 0. The average Bonchev–Trinajstić information content (AvgIpc) is 2.90. The number of amidine groups is 1. The molecule has 0 saturated carbocycles. The van der Waals surface area contributed by atoms with Crippen molar-refractivity contribution in [3.8, 4) is 0 Å². The number of carbonyl (C=O) groups excluding carboxylic acids is 1. The molecular formula is C19H16N3O+. The summed E-state index contributed by atoms with van der Waals surface area (Å²) in [4.78, 5) is 12.7. The maximum absolute atomic E-state index is 12.7. The number of nitrogens with one attached hydrogen (secondary N) is 1. The Bertz CT molecular complexity index is 954. The second-order valence-electron chi connectivity index (χ2n) is 5.60. The van der Waals surface area contributed by atoms with E-state index in [1.165, 1.54) is 0 Å². The van der Waals surface area contributed by atoms with Gasteiger partial charge in [-0.05, 0) is 22.9 Å². The third-order valence-electron chi connectivity index (χ3n) is 4.18. The van der Waals surface area contributed by atoms with Crippen molar-refractivity contribution in [2.24, 2.45) is 5.73 Å². The number of fused-ring (bicyclic) bond motifs is 2. The van der Waals surface area contributed by atoms with Crippen LogP contribution in [-0.4, -0.2) is 16.4 Å². The van der Waals surface area contributed by atoms with Gasteiger partial charge in [-0.1, -0.05) is 54.6 Å². The lowest BCUT2D eigenvalue weighted by molar-refractivity contribution is -0.584. The number of rotatable bonds is 2. The van der Waals surface area contributed by atoms with Crippen LogP contribution in [0.2, 0.25) is 0 Å². The van der Waals surface area contributed by atoms with Gasteiger partial charge in [-0.15, -0.1) is 0 Å². The van der Waals surface area contributed by atoms with Crippen LogP contribution in [0.5, 0.6) is 0 Å². The van der Waals surface area contributed by atoms with Crippen molar-refractivity contribution in [2.75, 3.05) is 0 Å². The Labute approximate surface area is 133 Å². The van der Waals surface area contributed by atoms with Gasteiger partial charge in [0.15, 0.2) is 0 Å². The molecular weight excluding hydrogens is 286 g/mol. The standard InChI is InChI=1S/C19H15N3O/c20-18-16-10-4-2-7-14(16)12-22(18)21-19(23)17-11-5-8-13-6-1-3-9-15(13)17/h1-11,20H,12H2,(H,21,23)/p+1. The molecule has 3 aromatic rings. The summed E-state index contributed by atoms with van der Waals surface area (Å²) < 4.78 is 1.70. The highest BCUT2D eigenvalue weighted by molar-refractivity contribution is 6.07. The molecule has 3 aromatic carbocycles. The third-order valence-corrected chi connectivity index (χ3v) is 4.18. The van der Waals surface area contributed by atoms with Crippen LogP contribution in [0.1, 0.15) is 21.5 Å². The van der Waals surface area contributed by atoms with Gasteiger partial charge < -0.3 is 0 Å². The molecule has 4 nitrogen and oxygen atoms in total. The van der Waals surface area contributed by atoms with E-state index in [1.54, 1.807) is 4.68 Å². The monoisotopic (exact) mass is 302 g/mol. The molecule has 0 spiro atoms. The minimum atomic E-state index is -0.155. The molecule has 4 heteroatoms. The fourth-order valence-corrected chi connectivity index (χ4v) is 3.01. The van der Waals surface area contributed by atoms with E-state index < -0.39 is 0 Å². The van der Waals surface area contributed by atoms with Crippen LogP contribution in [0.4, 0.5) is 0 Å². The SMILES string of the molecule is NC1=[N+](NC(=O)c2cccc3ccccc23)Cc2ccccc21. The van der Waals surface area contributed by atoms with E-state index in [4.69, 9.17) is 5.73 Å². The molecule has 1 heterocycles. The van der Waals surface area contributed by atoms with Crippen LogP contribution >= 0.6 is 0 Å². The highest BCUT2D eigenvalue weighted by Gasteiger charge is 2.26. The van der Waals surface area contributed by atoms with Crippen molar-refractivity contribution in [1.29, 1.82) is 0 Å². The Hall–Kier alpha value is -3.14. The average molecular weight is 302 g/mol. The fraction of sp³-hybridized carbons (Fsp3) is 0.0526. The molecule has 1 aliphatic rings. The van der Waals surface area contributed by atoms with Crippen LogP contribution in [0.15, 0.2) is 66.7 Å². The zero-order valence-electron chi connectivity index (χ0n) is 12.5. The Morgan fingerprint density at radius 1 is 0.957 bits per heavy atom. The summed E-state index contributed by atoms with van der Waals surface area (Å²) in [6, 6.07) is 21.5. The first-order valence-electron chi connectivity index (χ1n) is 7.51. The number of benzene rings is 3. The molecule has 4 rings (SSSR count). The number of nitrogens with two attached hydrogens (primary N) is 1. The number of nitrogens with zero attached hydrogens (tertiary/aromatic N) is 1. The van der Waals surface area contributed by atoms with Crippen molar-refractivity contribution < 1.29 is 9.48 Å². The minimum absolute atomic E-state index is 0.155. The molecule has 0 aliphatic carbocycles. The molecule has 0 unspecified atom stereocenters. The molecule has 0 radical (unpaired) electrons. The molecule has 1 amide bonds. The number of hydrazone groups is 1. The molecule has 23 heavy (non-hydrogen) atoms. The molecule has 0 aromatic heterocycles. The normalized spacial score (nSPS) is 13.2. The molecule has 112 valence electrons. The van der Waals surface area contributed by atoms with E-state index in [0.717, 1.165) is 21.9 Å². The molecule has 0 fully saturated rings. The molecule has 0 saturated heterocycles. The van der Waals surface area contributed by atoms with Crippen LogP contribution < -0.4 is 11.2 Å². The lowest BCUT2D eigenvalue weighted by Crippen LogP contribution is -2.38. The summed E-state index contributed by atoms with van der Waals surface area (Å²) in [6.07, 6.45) is 0. The van der Waals surface area contributed by atoms with Crippen molar-refractivity contribution in [3.05, 3.63) is 83.4 Å². The molecule has 3 N–H and O–H groups in total. The molecule has 0 bridgehead atoms. The van der Waals surface area contributed by atoms with E-state index in [1.807, 2.05) is 66.7 Å². The van der Waals surface area contributed by atoms with Gasteiger partial charge >= 0.3 is 0 Å². The van der Waals surface area contributed by atoms with E-state index >= 15 is 0 Å². The molecule has 0 atom stereocenters. The zero-order valence-corrected chi connectivity index (χ0v) is 12.5. The largest absolute Gasteiger partial charge is 0.299 e. The van der Waals surface area contributed by atoms with Gasteiger partial charge in [0, 0.05) is 5.56 Å². The first kappa shape index (κ1) is 13.5. The maximum Gasteiger partial charge on any atom is 0.299 e. The molecule has 1 aliphatic heterocycles. The topological polar surface area (TPSA) is 58.1 Å². The van der Waals surface area contributed by atoms with Crippen molar-refractivity contribution in [2.45, 2.75) is 6.54 Å². The quantitative estimate of drug-likeness (QED) is 0.714. The van der Waals surface area contributed by atoms with E-state index in [9.17, 15) is 4.79 Å². The summed E-state index contributed by atoms with van der Waals surface area (Å²) in [5, 5.41) is 1.98. The second kappa shape index (κ2) is 5.25. The van der Waals surface area contributed by atoms with Crippen LogP contribution in [0, 0.1) is 0 Å². The summed E-state index contributed by atoms with van der Waals surface area (Å²) >= 11 is 0. The van der Waals surface area contributed by atoms with Crippen LogP contribution in [-0.2, 0) is 6.54 Å². The van der Waals surface area contributed by atoms with Gasteiger partial charge in [-0.2, -0.15) is 10.1 Å². The van der Waals surface area contributed by atoms with Gasteiger partial charge in [0.25, 0.3) is 11.7 Å². The maximum atomic E-state index is 12.7. The van der Waals surface area contributed by atoms with E-state index in [-0.39, 0.29) is 5.91 Å². The smallest absolute Gasteiger partial charge is 0.285 e. The second-order valence-corrected chi connectivity index (χ2v) is 5.60. The fourth-order valence-electron chi connectivity index (χ4n) is 3.01. The predicted molar refractivity (Wildman–Crippen MR) is 90.1 cm³/mol. The predicted octanol–water partition coefficient (Wildman–Crippen LogP) is 2.42. The highest BCUT2D eigenvalue weighted by Crippen LogP contribution is 2.19. The van der Waals surface area contributed by atoms with Gasteiger partial charge in [-0.25, -0.2) is 0 Å². The summed E-state index contributed by atoms with van der Waals surface area (Å²) in [6.45, 7) is 0.582. The Kier molecular flexibility index (Phi) is 3.08.